The van der Waals surface area contributed by atoms with Crippen LogP contribution in [0.1, 0.15) is 32.1 Å². The lowest BCUT2D eigenvalue weighted by Gasteiger charge is -2.24. The fourth-order valence-electron chi connectivity index (χ4n) is 3.50. The summed E-state index contributed by atoms with van der Waals surface area (Å²) in [7, 11) is 0. The maximum Gasteiger partial charge on any atom is 0.326 e. The van der Waals surface area contributed by atoms with Crippen LogP contribution in [-0.4, -0.2) is 47.1 Å². The third-order valence-corrected chi connectivity index (χ3v) is 4.58. The van der Waals surface area contributed by atoms with Crippen molar-refractivity contribution in [2.75, 3.05) is 13.1 Å². The average molecular weight is 252 g/mol. The van der Waals surface area contributed by atoms with E-state index in [9.17, 15) is 14.7 Å². The standard InChI is InChI=1S/C13H20N2O3/c16-11(6-14-9-4-5-9)15-7-8-2-1-3-10(8)12(15)13(17)18/h8-10,12,14H,1-7H2,(H,17,18). The second-order valence-electron chi connectivity index (χ2n) is 5.84. The summed E-state index contributed by atoms with van der Waals surface area (Å²) < 4.78 is 0. The number of amides is 1. The van der Waals surface area contributed by atoms with Crippen LogP contribution in [0.25, 0.3) is 0 Å². The van der Waals surface area contributed by atoms with Crippen molar-refractivity contribution in [3.05, 3.63) is 0 Å². The van der Waals surface area contributed by atoms with Gasteiger partial charge in [-0.1, -0.05) is 6.42 Å². The number of fused-ring (bicyclic) bond motifs is 1. The van der Waals surface area contributed by atoms with Crippen molar-refractivity contribution in [2.45, 2.75) is 44.2 Å². The lowest BCUT2D eigenvalue weighted by molar-refractivity contribution is -0.149. The Labute approximate surface area is 107 Å². The highest BCUT2D eigenvalue weighted by atomic mass is 16.4. The molecule has 1 amide bonds. The fraction of sp³-hybridized carbons (Fsp3) is 0.846. The largest absolute Gasteiger partial charge is 0.480 e. The van der Waals surface area contributed by atoms with Gasteiger partial charge >= 0.3 is 5.97 Å². The molecule has 0 bridgehead atoms. The summed E-state index contributed by atoms with van der Waals surface area (Å²) in [5.74, 6) is -0.267. The van der Waals surface area contributed by atoms with Crippen molar-refractivity contribution in [1.82, 2.24) is 10.2 Å². The highest BCUT2D eigenvalue weighted by Crippen LogP contribution is 2.42. The average Bonchev–Trinajstić information content (AvgIpc) is 2.91. The summed E-state index contributed by atoms with van der Waals surface area (Å²) >= 11 is 0. The molecule has 0 aromatic heterocycles. The van der Waals surface area contributed by atoms with E-state index in [1.807, 2.05) is 0 Å². The van der Waals surface area contributed by atoms with Gasteiger partial charge in [0.25, 0.3) is 0 Å². The quantitative estimate of drug-likeness (QED) is 0.762. The number of hydrogen-bond acceptors (Lipinski definition) is 3. The van der Waals surface area contributed by atoms with Crippen LogP contribution < -0.4 is 5.32 Å². The number of likely N-dealkylation sites (tertiary alicyclic amines) is 1. The van der Waals surface area contributed by atoms with Crippen LogP contribution in [0.4, 0.5) is 0 Å². The predicted octanol–water partition coefficient (Wildman–Crippen LogP) is 0.450. The van der Waals surface area contributed by atoms with Gasteiger partial charge in [-0.3, -0.25) is 4.79 Å². The third-order valence-electron chi connectivity index (χ3n) is 4.58. The van der Waals surface area contributed by atoms with Crippen molar-refractivity contribution < 1.29 is 14.7 Å². The molecule has 0 aromatic rings. The van der Waals surface area contributed by atoms with Crippen molar-refractivity contribution in [1.29, 1.82) is 0 Å². The minimum Gasteiger partial charge on any atom is -0.480 e. The van der Waals surface area contributed by atoms with E-state index in [4.69, 9.17) is 0 Å². The zero-order valence-corrected chi connectivity index (χ0v) is 10.5. The Morgan fingerprint density at radius 3 is 2.67 bits per heavy atom. The Morgan fingerprint density at radius 2 is 2.00 bits per heavy atom. The summed E-state index contributed by atoms with van der Waals surface area (Å²) in [6.45, 7) is 0.945. The van der Waals surface area contributed by atoms with E-state index in [1.165, 1.54) is 0 Å². The number of nitrogens with one attached hydrogen (secondary N) is 1. The molecule has 3 atom stereocenters. The molecule has 1 saturated heterocycles. The van der Waals surface area contributed by atoms with E-state index in [1.54, 1.807) is 4.90 Å². The van der Waals surface area contributed by atoms with Crippen LogP contribution in [0, 0.1) is 11.8 Å². The highest BCUT2D eigenvalue weighted by Gasteiger charge is 2.49. The SMILES string of the molecule is O=C(O)C1C2CCCC2CN1C(=O)CNC1CC1. The van der Waals surface area contributed by atoms with Crippen molar-refractivity contribution >= 4 is 11.9 Å². The number of nitrogens with zero attached hydrogens (tertiary/aromatic N) is 1. The van der Waals surface area contributed by atoms with Gasteiger partial charge in [0.15, 0.2) is 0 Å². The molecule has 3 rings (SSSR count). The molecule has 0 radical (unpaired) electrons. The number of carboxylic acids is 1. The Kier molecular flexibility index (Phi) is 3.01. The summed E-state index contributed by atoms with van der Waals surface area (Å²) in [5.41, 5.74) is 0. The van der Waals surface area contributed by atoms with Gasteiger partial charge in [0.1, 0.15) is 6.04 Å². The lowest BCUT2D eigenvalue weighted by atomic mass is 9.94. The van der Waals surface area contributed by atoms with Crippen LogP contribution in [0.2, 0.25) is 0 Å². The zero-order valence-electron chi connectivity index (χ0n) is 10.5. The number of rotatable bonds is 4. The molecule has 1 aliphatic heterocycles. The van der Waals surface area contributed by atoms with E-state index >= 15 is 0 Å². The zero-order chi connectivity index (χ0) is 12.7. The molecule has 2 N–H and O–H groups in total. The normalized spacial score (nSPS) is 34.7. The summed E-state index contributed by atoms with van der Waals surface area (Å²) in [6.07, 6.45) is 5.43. The fourth-order valence-corrected chi connectivity index (χ4v) is 3.50. The van der Waals surface area contributed by atoms with Crippen LogP contribution in [-0.2, 0) is 9.59 Å². The first-order chi connectivity index (χ1) is 8.66. The second-order valence-corrected chi connectivity index (χ2v) is 5.84. The van der Waals surface area contributed by atoms with Crippen LogP contribution >= 0.6 is 0 Å². The Balaban J connectivity index is 1.65. The Hall–Kier alpha value is -1.10. The minimum atomic E-state index is -0.829. The molecule has 2 aliphatic carbocycles. The van der Waals surface area contributed by atoms with E-state index < -0.39 is 12.0 Å². The van der Waals surface area contributed by atoms with Gasteiger partial charge < -0.3 is 15.3 Å². The molecule has 3 aliphatic rings. The maximum atomic E-state index is 12.1. The minimum absolute atomic E-state index is 0.0382. The van der Waals surface area contributed by atoms with Crippen molar-refractivity contribution in [3.63, 3.8) is 0 Å². The number of carbonyl (C=O) groups excluding carboxylic acids is 1. The molecular weight excluding hydrogens is 232 g/mol. The maximum absolute atomic E-state index is 12.1. The van der Waals surface area contributed by atoms with Crippen LogP contribution in [0.3, 0.4) is 0 Å². The second kappa shape index (κ2) is 4.53. The number of hydrogen-bond donors (Lipinski definition) is 2. The summed E-state index contributed by atoms with van der Waals surface area (Å²) in [4.78, 5) is 25.1. The lowest BCUT2D eigenvalue weighted by Crippen LogP contribution is -2.46. The van der Waals surface area contributed by atoms with Gasteiger partial charge in [0, 0.05) is 12.6 Å². The molecule has 1 heterocycles. The first-order valence-corrected chi connectivity index (χ1v) is 6.92. The Morgan fingerprint density at radius 1 is 1.22 bits per heavy atom. The molecule has 3 unspecified atom stereocenters. The molecule has 3 fully saturated rings. The number of carboxylic acid groups (broad SMARTS) is 1. The number of aliphatic carboxylic acids is 1. The van der Waals surface area contributed by atoms with Gasteiger partial charge in [0.2, 0.25) is 5.91 Å². The van der Waals surface area contributed by atoms with Crippen LogP contribution in [0.5, 0.6) is 0 Å². The van der Waals surface area contributed by atoms with Gasteiger partial charge in [-0.15, -0.1) is 0 Å². The molecule has 0 spiro atoms. The summed E-state index contributed by atoms with van der Waals surface area (Å²) in [5, 5.41) is 12.5. The first kappa shape index (κ1) is 12.0. The predicted molar refractivity (Wildman–Crippen MR) is 65.0 cm³/mol. The van der Waals surface area contributed by atoms with E-state index in [2.05, 4.69) is 5.32 Å². The molecule has 100 valence electrons. The van der Waals surface area contributed by atoms with Crippen LogP contribution in [0.15, 0.2) is 0 Å². The van der Waals surface area contributed by atoms with Gasteiger partial charge in [0.05, 0.1) is 6.54 Å². The van der Waals surface area contributed by atoms with Gasteiger partial charge in [-0.25, -0.2) is 4.79 Å². The molecule has 18 heavy (non-hydrogen) atoms. The smallest absolute Gasteiger partial charge is 0.326 e. The van der Waals surface area contributed by atoms with E-state index in [-0.39, 0.29) is 11.8 Å². The van der Waals surface area contributed by atoms with Crippen molar-refractivity contribution in [2.24, 2.45) is 11.8 Å². The van der Waals surface area contributed by atoms with Gasteiger partial charge in [-0.05, 0) is 37.5 Å². The van der Waals surface area contributed by atoms with E-state index in [0.717, 1.165) is 32.1 Å². The molecule has 5 nitrogen and oxygen atoms in total. The van der Waals surface area contributed by atoms with E-state index in [0.29, 0.717) is 25.0 Å². The Bertz CT molecular complexity index is 367. The summed E-state index contributed by atoms with van der Waals surface area (Å²) in [6, 6.07) is -0.0923. The molecule has 5 heteroatoms. The molecular formula is C13H20N2O3. The number of carbonyl (C=O) groups is 2. The van der Waals surface area contributed by atoms with Gasteiger partial charge in [-0.2, -0.15) is 0 Å². The monoisotopic (exact) mass is 252 g/mol. The highest BCUT2D eigenvalue weighted by molar-refractivity contribution is 5.86. The first-order valence-electron chi connectivity index (χ1n) is 6.92. The topological polar surface area (TPSA) is 69.6 Å². The third kappa shape index (κ3) is 2.11. The molecule has 0 aromatic carbocycles. The molecule has 2 saturated carbocycles. The van der Waals surface area contributed by atoms with Crippen molar-refractivity contribution in [3.8, 4) is 0 Å².